The van der Waals surface area contributed by atoms with E-state index in [-0.39, 0.29) is 10.8 Å². The van der Waals surface area contributed by atoms with Crippen LogP contribution in [0.3, 0.4) is 0 Å². The molecule has 0 nitrogen and oxygen atoms in total. The summed E-state index contributed by atoms with van der Waals surface area (Å²) in [5.74, 6) is 0. The zero-order valence-corrected chi connectivity index (χ0v) is 15.5. The van der Waals surface area contributed by atoms with Gasteiger partial charge in [-0.1, -0.05) is 87.8 Å². The smallest absolute Gasteiger partial charge is 0.0178 e. The van der Waals surface area contributed by atoms with Crippen LogP contribution in [-0.4, -0.2) is 0 Å². The molecule has 0 bridgehead atoms. The van der Waals surface area contributed by atoms with Gasteiger partial charge < -0.3 is 0 Å². The average Bonchev–Trinajstić information content (AvgIpc) is 2.37. The molecule has 2 aromatic carbocycles. The fourth-order valence-corrected chi connectivity index (χ4v) is 2.90. The van der Waals surface area contributed by atoms with E-state index in [1.165, 1.54) is 22.3 Å². The van der Waals surface area contributed by atoms with Crippen molar-refractivity contribution in [3.8, 4) is 11.1 Å². The molecule has 0 spiro atoms. The van der Waals surface area contributed by atoms with Crippen LogP contribution in [0.4, 0.5) is 0 Å². The maximum absolute atomic E-state index is 3.60. The van der Waals surface area contributed by atoms with Gasteiger partial charge in [-0.25, -0.2) is 0 Å². The molecule has 2 rings (SSSR count). The second kappa shape index (κ2) is 5.61. The Balaban J connectivity index is 2.52. The van der Waals surface area contributed by atoms with Crippen LogP contribution in [0.1, 0.15) is 52.7 Å². The van der Waals surface area contributed by atoms with E-state index >= 15 is 0 Å². The first kappa shape index (κ1) is 16.3. The molecule has 0 saturated carbocycles. The van der Waals surface area contributed by atoms with Gasteiger partial charge in [-0.2, -0.15) is 0 Å². The lowest BCUT2D eigenvalue weighted by Crippen LogP contribution is -2.13. The van der Waals surface area contributed by atoms with Crippen molar-refractivity contribution in [2.45, 2.75) is 52.4 Å². The van der Waals surface area contributed by atoms with Crippen LogP contribution in [0.15, 0.2) is 46.9 Å². The molecule has 0 fully saturated rings. The molecule has 0 atom stereocenters. The van der Waals surface area contributed by atoms with Crippen LogP contribution in [0, 0.1) is 0 Å². The molecule has 21 heavy (non-hydrogen) atoms. The first-order chi connectivity index (χ1) is 9.59. The molecule has 0 aliphatic rings. The molecule has 0 aliphatic carbocycles. The predicted molar refractivity (Wildman–Crippen MR) is 97.0 cm³/mol. The summed E-state index contributed by atoms with van der Waals surface area (Å²) in [6.45, 7) is 13.6. The van der Waals surface area contributed by atoms with E-state index in [1.807, 2.05) is 0 Å². The zero-order chi connectivity index (χ0) is 15.8. The quantitative estimate of drug-likeness (QED) is 0.539. The van der Waals surface area contributed by atoms with Gasteiger partial charge in [0.05, 0.1) is 0 Å². The Morgan fingerprint density at radius 3 is 1.76 bits per heavy atom. The standard InChI is InChI=1S/C20H25Br/c1-19(2,3)15-9-7-14(8-10-15)17-12-11-16(21)13-18(17)20(4,5)6/h7-13H,1-6H3. The first-order valence-electron chi connectivity index (χ1n) is 7.50. The molecule has 0 amide bonds. The second-order valence-electron chi connectivity index (χ2n) is 7.77. The topological polar surface area (TPSA) is 0 Å². The van der Waals surface area contributed by atoms with E-state index in [2.05, 4.69) is 99.9 Å². The van der Waals surface area contributed by atoms with E-state index in [9.17, 15) is 0 Å². The maximum Gasteiger partial charge on any atom is 0.0178 e. The van der Waals surface area contributed by atoms with Crippen molar-refractivity contribution in [1.29, 1.82) is 0 Å². The second-order valence-corrected chi connectivity index (χ2v) is 8.68. The van der Waals surface area contributed by atoms with Gasteiger partial charge in [0, 0.05) is 4.47 Å². The number of halogens is 1. The summed E-state index contributed by atoms with van der Waals surface area (Å²) in [6, 6.07) is 15.6. The third kappa shape index (κ3) is 3.77. The highest BCUT2D eigenvalue weighted by Crippen LogP contribution is 2.35. The van der Waals surface area contributed by atoms with Crippen molar-refractivity contribution in [2.75, 3.05) is 0 Å². The Morgan fingerprint density at radius 2 is 1.29 bits per heavy atom. The van der Waals surface area contributed by atoms with Gasteiger partial charge in [-0.15, -0.1) is 0 Å². The van der Waals surface area contributed by atoms with Gasteiger partial charge in [0.25, 0.3) is 0 Å². The van der Waals surface area contributed by atoms with Crippen molar-refractivity contribution >= 4 is 15.9 Å². The molecule has 0 radical (unpaired) electrons. The summed E-state index contributed by atoms with van der Waals surface area (Å²) in [5, 5.41) is 0. The van der Waals surface area contributed by atoms with E-state index in [1.54, 1.807) is 0 Å². The SMILES string of the molecule is CC(C)(C)c1ccc(-c2ccc(Br)cc2C(C)(C)C)cc1. The third-order valence-corrected chi connectivity index (χ3v) is 4.34. The summed E-state index contributed by atoms with van der Waals surface area (Å²) in [6.07, 6.45) is 0. The fourth-order valence-electron chi connectivity index (χ4n) is 2.54. The van der Waals surface area contributed by atoms with Crippen molar-refractivity contribution in [3.05, 3.63) is 58.1 Å². The van der Waals surface area contributed by atoms with E-state index in [4.69, 9.17) is 0 Å². The zero-order valence-electron chi connectivity index (χ0n) is 13.9. The van der Waals surface area contributed by atoms with Crippen molar-refractivity contribution < 1.29 is 0 Å². The van der Waals surface area contributed by atoms with Crippen molar-refractivity contribution in [3.63, 3.8) is 0 Å². The molecule has 0 heterocycles. The molecule has 0 aliphatic heterocycles. The highest BCUT2D eigenvalue weighted by atomic mass is 79.9. The van der Waals surface area contributed by atoms with E-state index in [0.29, 0.717) is 0 Å². The molecular formula is C20H25Br. The number of rotatable bonds is 1. The summed E-state index contributed by atoms with van der Waals surface area (Å²) in [7, 11) is 0. The minimum atomic E-state index is 0.127. The Morgan fingerprint density at radius 1 is 0.714 bits per heavy atom. The number of hydrogen-bond acceptors (Lipinski definition) is 0. The maximum atomic E-state index is 3.60. The predicted octanol–water partition coefficient (Wildman–Crippen LogP) is 6.71. The highest BCUT2D eigenvalue weighted by molar-refractivity contribution is 9.10. The Labute approximate surface area is 137 Å². The monoisotopic (exact) mass is 344 g/mol. The molecule has 2 aromatic rings. The average molecular weight is 345 g/mol. The lowest BCUT2D eigenvalue weighted by atomic mass is 9.81. The summed E-state index contributed by atoms with van der Waals surface area (Å²) in [5.41, 5.74) is 5.69. The van der Waals surface area contributed by atoms with Crippen LogP contribution in [-0.2, 0) is 10.8 Å². The Hall–Kier alpha value is -1.08. The number of hydrogen-bond donors (Lipinski definition) is 0. The van der Waals surface area contributed by atoms with Crippen molar-refractivity contribution in [1.82, 2.24) is 0 Å². The molecule has 0 N–H and O–H groups in total. The normalized spacial score (nSPS) is 12.5. The fraction of sp³-hybridized carbons (Fsp3) is 0.400. The van der Waals surface area contributed by atoms with Crippen LogP contribution in [0.2, 0.25) is 0 Å². The summed E-state index contributed by atoms with van der Waals surface area (Å²) < 4.78 is 1.14. The Kier molecular flexibility index (Phi) is 4.35. The van der Waals surface area contributed by atoms with Gasteiger partial charge in [-0.05, 0) is 45.2 Å². The molecule has 0 unspecified atom stereocenters. The first-order valence-corrected chi connectivity index (χ1v) is 8.29. The van der Waals surface area contributed by atoms with Crippen LogP contribution in [0.25, 0.3) is 11.1 Å². The lowest BCUT2D eigenvalue weighted by Gasteiger charge is -2.24. The van der Waals surface area contributed by atoms with Gasteiger partial charge >= 0.3 is 0 Å². The molecule has 0 aromatic heterocycles. The van der Waals surface area contributed by atoms with E-state index in [0.717, 1.165) is 4.47 Å². The Bertz CT molecular complexity index is 622. The molecular weight excluding hydrogens is 320 g/mol. The minimum Gasteiger partial charge on any atom is -0.0579 e. The van der Waals surface area contributed by atoms with Crippen molar-refractivity contribution in [2.24, 2.45) is 0 Å². The van der Waals surface area contributed by atoms with Crippen LogP contribution in [0.5, 0.6) is 0 Å². The lowest BCUT2D eigenvalue weighted by molar-refractivity contribution is 0.589. The third-order valence-electron chi connectivity index (χ3n) is 3.85. The summed E-state index contributed by atoms with van der Waals surface area (Å²) in [4.78, 5) is 0. The molecule has 0 saturated heterocycles. The van der Waals surface area contributed by atoms with Gasteiger partial charge in [0.2, 0.25) is 0 Å². The van der Waals surface area contributed by atoms with Crippen LogP contribution >= 0.6 is 15.9 Å². The van der Waals surface area contributed by atoms with Gasteiger partial charge in [0.15, 0.2) is 0 Å². The van der Waals surface area contributed by atoms with Gasteiger partial charge in [0.1, 0.15) is 0 Å². The van der Waals surface area contributed by atoms with Crippen LogP contribution < -0.4 is 0 Å². The number of benzene rings is 2. The highest BCUT2D eigenvalue weighted by Gasteiger charge is 2.20. The molecule has 112 valence electrons. The van der Waals surface area contributed by atoms with Gasteiger partial charge in [-0.3, -0.25) is 0 Å². The summed E-state index contributed by atoms with van der Waals surface area (Å²) >= 11 is 3.60. The largest absolute Gasteiger partial charge is 0.0579 e. The van der Waals surface area contributed by atoms with E-state index < -0.39 is 0 Å². The molecule has 1 heteroatoms. The minimum absolute atomic E-state index is 0.127.